The zero-order chi connectivity index (χ0) is 9.40. The fraction of sp³-hybridized carbons (Fsp3) is 0.500. The Morgan fingerprint density at radius 3 is 1.50 bits per heavy atom. The molecule has 0 aliphatic rings. The average molecular weight is 225 g/mol. The molecule has 0 N–H and O–H groups in total. The Morgan fingerprint density at radius 2 is 1.29 bits per heavy atom. The fourth-order valence-electron chi connectivity index (χ4n) is 0.517. The van der Waals surface area contributed by atoms with Crippen LogP contribution in [0, 0.1) is 0 Å². The molecule has 76 valence electrons. The van der Waals surface area contributed by atoms with Crippen LogP contribution in [0.3, 0.4) is 0 Å². The van der Waals surface area contributed by atoms with Crippen molar-refractivity contribution in [2.75, 3.05) is 13.2 Å². The molecular weight excluding hydrogens is 209 g/mol. The van der Waals surface area contributed by atoms with E-state index in [1.54, 1.807) is 13.8 Å². The Bertz CT molecular complexity index is 186. The van der Waals surface area contributed by atoms with Crippen molar-refractivity contribution in [2.24, 2.45) is 0 Å². The van der Waals surface area contributed by atoms with Crippen LogP contribution in [0.4, 0.5) is 0 Å². The Morgan fingerprint density at radius 1 is 1.00 bits per heavy atom. The van der Waals surface area contributed by atoms with Gasteiger partial charge in [-0.15, -0.1) is 0 Å². The Balaban J connectivity index is -0.0000000403. The number of hydrogen-bond acceptors (Lipinski definition) is 4. The molecule has 0 aliphatic carbocycles. The molecule has 0 amide bonds. The predicted octanol–water partition coefficient (Wildman–Crippen LogP) is 0.357. The molecule has 0 aromatic rings. The second-order valence-corrected chi connectivity index (χ2v) is 1.84. The van der Waals surface area contributed by atoms with Crippen molar-refractivity contribution in [3.63, 3.8) is 0 Å². The van der Waals surface area contributed by atoms with E-state index < -0.39 is 11.9 Å². The van der Waals surface area contributed by atoms with Crippen LogP contribution in [0.15, 0.2) is 12.2 Å². The van der Waals surface area contributed by atoms with Gasteiger partial charge in [0, 0.05) is 12.2 Å². The number of ether oxygens (including phenoxy) is 2. The van der Waals surface area contributed by atoms with Gasteiger partial charge in [0.1, 0.15) is 0 Å². The third-order valence-corrected chi connectivity index (χ3v) is 0.929. The van der Waals surface area contributed by atoms with E-state index in [4.69, 9.17) is 0 Å². The molecule has 0 saturated heterocycles. The average Bonchev–Trinajstić information content (AvgIpc) is 2.02. The first-order valence-corrected chi connectivity index (χ1v) is 3.72. The van der Waals surface area contributed by atoms with Crippen LogP contribution in [-0.4, -0.2) is 71.3 Å². The van der Waals surface area contributed by atoms with Gasteiger partial charge in [0.2, 0.25) is 0 Å². The zero-order valence-corrected chi connectivity index (χ0v) is 11.4. The molecule has 0 rings (SSSR count). The molecule has 0 atom stereocenters. The maximum absolute atomic E-state index is 10.6. The third-order valence-electron chi connectivity index (χ3n) is 0.929. The summed E-state index contributed by atoms with van der Waals surface area (Å²) in [6.07, 6.45) is 2.09. The van der Waals surface area contributed by atoms with E-state index in [0.717, 1.165) is 12.2 Å². The summed E-state index contributed by atoms with van der Waals surface area (Å²) in [6.45, 7) is 3.98. The first-order valence-electron chi connectivity index (χ1n) is 3.72. The molecule has 0 aromatic heterocycles. The quantitative estimate of drug-likeness (QED) is 0.393. The number of hydrogen-bond donors (Lipinski definition) is 0. The number of rotatable bonds is 4. The smallest absolute Gasteiger partial charge is 1.00 e. The van der Waals surface area contributed by atoms with Crippen LogP contribution in [-0.2, 0) is 19.1 Å². The van der Waals surface area contributed by atoms with Crippen molar-refractivity contribution in [3.8, 4) is 0 Å². The minimum atomic E-state index is -0.537. The van der Waals surface area contributed by atoms with Gasteiger partial charge in [-0.1, -0.05) is 0 Å². The normalized spacial score (nSPS) is 8.43. The van der Waals surface area contributed by atoms with E-state index >= 15 is 0 Å². The molecule has 0 aliphatic heterocycles. The Hall–Kier alpha value is 0.212. The number of esters is 2. The Labute approximate surface area is 122 Å². The maximum Gasteiger partial charge on any atom is 2.00 e. The summed E-state index contributed by atoms with van der Waals surface area (Å²) in [5, 5.41) is 0. The van der Waals surface area contributed by atoms with E-state index in [-0.39, 0.29) is 51.8 Å². The minimum Gasteiger partial charge on any atom is -1.00 e. The summed E-state index contributed by atoms with van der Waals surface area (Å²) >= 11 is 0. The molecule has 14 heavy (non-hydrogen) atoms. The summed E-state index contributed by atoms with van der Waals surface area (Å²) in [7, 11) is 0. The van der Waals surface area contributed by atoms with Crippen molar-refractivity contribution in [1.29, 1.82) is 0 Å². The molecule has 0 fully saturated rings. The van der Waals surface area contributed by atoms with E-state index in [1.165, 1.54) is 0 Å². The van der Waals surface area contributed by atoms with Crippen LogP contribution in [0.5, 0.6) is 0 Å². The number of carbonyl (C=O) groups is 2. The summed E-state index contributed by atoms with van der Waals surface area (Å²) in [6, 6.07) is 0. The first kappa shape index (κ1) is 19.7. The summed E-state index contributed by atoms with van der Waals surface area (Å²) in [5.41, 5.74) is 0. The molecular formula is C8H16Mg2O4. The summed E-state index contributed by atoms with van der Waals surface area (Å²) in [4.78, 5) is 21.3. The van der Waals surface area contributed by atoms with Crippen molar-refractivity contribution < 1.29 is 24.8 Å². The fourth-order valence-corrected chi connectivity index (χ4v) is 0.517. The topological polar surface area (TPSA) is 52.6 Å². The summed E-state index contributed by atoms with van der Waals surface area (Å²) < 4.78 is 9.07. The van der Waals surface area contributed by atoms with Crippen LogP contribution in [0.1, 0.15) is 19.6 Å². The summed E-state index contributed by atoms with van der Waals surface area (Å²) in [5.74, 6) is -1.07. The molecule has 0 saturated carbocycles. The second kappa shape index (κ2) is 13.2. The van der Waals surface area contributed by atoms with Crippen LogP contribution >= 0.6 is 0 Å². The van der Waals surface area contributed by atoms with Gasteiger partial charge in [-0.3, -0.25) is 0 Å². The van der Waals surface area contributed by atoms with Crippen LogP contribution in [0.25, 0.3) is 0 Å². The molecule has 0 bridgehead atoms. The van der Waals surface area contributed by atoms with Crippen molar-refractivity contribution in [1.82, 2.24) is 0 Å². The van der Waals surface area contributed by atoms with Crippen LogP contribution in [0.2, 0.25) is 0 Å². The molecule has 0 aromatic carbocycles. The molecule has 0 heterocycles. The van der Waals surface area contributed by atoms with Gasteiger partial charge >= 0.3 is 58.0 Å². The largest absolute Gasteiger partial charge is 2.00 e. The van der Waals surface area contributed by atoms with Crippen molar-refractivity contribution in [3.05, 3.63) is 12.2 Å². The third kappa shape index (κ3) is 12.2. The number of carbonyl (C=O) groups excluding carboxylic acids is 2. The molecule has 0 radical (unpaired) electrons. The molecule has 6 heteroatoms. The van der Waals surface area contributed by atoms with Crippen LogP contribution < -0.4 is 0 Å². The van der Waals surface area contributed by atoms with Gasteiger partial charge in [0.05, 0.1) is 13.2 Å². The molecule has 4 nitrogen and oxygen atoms in total. The van der Waals surface area contributed by atoms with Gasteiger partial charge in [-0.25, -0.2) is 9.59 Å². The van der Waals surface area contributed by atoms with Gasteiger partial charge in [-0.2, -0.15) is 0 Å². The van der Waals surface area contributed by atoms with E-state index in [2.05, 4.69) is 9.47 Å². The SMILES string of the molecule is CCOC(=O)/C=C/C(=O)OCC.[H-].[H-].[H-].[H-].[Mg+2].[Mg+2]. The van der Waals surface area contributed by atoms with E-state index in [1.807, 2.05) is 0 Å². The first-order chi connectivity index (χ1) is 5.70. The van der Waals surface area contributed by atoms with Gasteiger partial charge < -0.3 is 15.2 Å². The Kier molecular flexibility index (Phi) is 18.6. The standard InChI is InChI=1S/C8H12O4.2Mg.4H/c1-3-11-7(9)5-6-8(10)12-4-2;;;;;;/h5-6H,3-4H2,1-2H3;;;;;;/q;2*+2;4*-1/b6-5+;;;;;;. The minimum absolute atomic E-state index is 0. The molecule has 0 unspecified atom stereocenters. The van der Waals surface area contributed by atoms with Crippen molar-refractivity contribution >= 4 is 58.0 Å². The van der Waals surface area contributed by atoms with E-state index in [0.29, 0.717) is 13.2 Å². The zero-order valence-electron chi connectivity index (χ0n) is 12.6. The van der Waals surface area contributed by atoms with Gasteiger partial charge in [0.25, 0.3) is 0 Å². The van der Waals surface area contributed by atoms with Crippen molar-refractivity contribution in [2.45, 2.75) is 13.8 Å². The van der Waals surface area contributed by atoms with E-state index in [9.17, 15) is 9.59 Å². The monoisotopic (exact) mass is 224 g/mol. The predicted molar refractivity (Wildman–Crippen MR) is 58.4 cm³/mol. The maximum atomic E-state index is 10.6. The van der Waals surface area contributed by atoms with Gasteiger partial charge in [0.15, 0.2) is 0 Å². The molecule has 0 spiro atoms. The van der Waals surface area contributed by atoms with Gasteiger partial charge in [-0.05, 0) is 13.8 Å². The second-order valence-electron chi connectivity index (χ2n) is 1.84.